The number of carbonyl (C=O) groups is 1. The Hall–Kier alpha value is -2.64. The van der Waals surface area contributed by atoms with E-state index < -0.39 is 0 Å². The number of piperidine rings is 1. The van der Waals surface area contributed by atoms with E-state index in [1.165, 1.54) is 5.69 Å². The van der Waals surface area contributed by atoms with Gasteiger partial charge in [-0.15, -0.1) is 11.3 Å². The van der Waals surface area contributed by atoms with Gasteiger partial charge in [0.05, 0.1) is 14.2 Å². The number of likely N-dealkylation sites (tertiary alicyclic amines) is 1. The third kappa shape index (κ3) is 4.21. The highest BCUT2D eigenvalue weighted by atomic mass is 32.1. The van der Waals surface area contributed by atoms with E-state index in [-0.39, 0.29) is 11.7 Å². The van der Waals surface area contributed by atoms with Gasteiger partial charge in [-0.05, 0) is 49.7 Å². The van der Waals surface area contributed by atoms with Crippen LogP contribution in [0.1, 0.15) is 28.9 Å². The van der Waals surface area contributed by atoms with E-state index in [0.29, 0.717) is 17.1 Å². The lowest BCUT2D eigenvalue weighted by Gasteiger charge is -2.32. The van der Waals surface area contributed by atoms with Crippen LogP contribution in [0.4, 0.5) is 0 Å². The lowest BCUT2D eigenvalue weighted by atomic mass is 9.89. The molecule has 2 aromatic heterocycles. The van der Waals surface area contributed by atoms with Gasteiger partial charge in [0, 0.05) is 48.0 Å². The molecule has 152 valence electrons. The topological polar surface area (TPSA) is 56.6 Å². The average Bonchev–Trinajstić information content (AvgIpc) is 3.44. The van der Waals surface area contributed by atoms with E-state index in [1.807, 2.05) is 29.9 Å². The summed E-state index contributed by atoms with van der Waals surface area (Å²) in [5.41, 5.74) is 1.87. The van der Waals surface area contributed by atoms with Crippen LogP contribution >= 0.6 is 11.3 Å². The Morgan fingerprint density at radius 3 is 2.86 bits per heavy atom. The van der Waals surface area contributed by atoms with Crippen LogP contribution in [0, 0.1) is 5.92 Å². The molecule has 1 saturated heterocycles. The predicted molar refractivity (Wildman–Crippen MR) is 113 cm³/mol. The second kappa shape index (κ2) is 8.80. The fourth-order valence-electron chi connectivity index (χ4n) is 3.93. The van der Waals surface area contributed by atoms with E-state index in [2.05, 4.69) is 20.5 Å². The zero-order chi connectivity index (χ0) is 20.2. The van der Waals surface area contributed by atoms with Crippen molar-refractivity contribution in [3.05, 3.63) is 59.4 Å². The summed E-state index contributed by atoms with van der Waals surface area (Å²) in [6.45, 7) is 2.57. The molecule has 0 saturated carbocycles. The summed E-state index contributed by atoms with van der Waals surface area (Å²) >= 11 is 1.62. The summed E-state index contributed by atoms with van der Waals surface area (Å²) in [7, 11) is 3.19. The van der Waals surface area contributed by atoms with Crippen LogP contribution in [0.2, 0.25) is 0 Å². The summed E-state index contributed by atoms with van der Waals surface area (Å²) in [5, 5.41) is 2.96. The maximum atomic E-state index is 13.1. The van der Waals surface area contributed by atoms with Crippen molar-refractivity contribution in [1.29, 1.82) is 0 Å². The molecule has 1 aliphatic rings. The molecule has 1 fully saturated rings. The van der Waals surface area contributed by atoms with Crippen molar-refractivity contribution in [2.24, 2.45) is 5.92 Å². The lowest BCUT2D eigenvalue weighted by molar-refractivity contribution is 0.0809. The molecule has 7 heteroatoms. The van der Waals surface area contributed by atoms with E-state index in [0.717, 1.165) is 37.6 Å². The van der Waals surface area contributed by atoms with Gasteiger partial charge >= 0.3 is 0 Å². The van der Waals surface area contributed by atoms with E-state index >= 15 is 0 Å². The molecule has 6 nitrogen and oxygen atoms in total. The number of ketones is 1. The molecule has 0 aliphatic carbocycles. The van der Waals surface area contributed by atoms with E-state index in [9.17, 15) is 4.79 Å². The fourth-order valence-corrected chi connectivity index (χ4v) is 4.59. The standard InChI is InChI=1S/C22H25N3O3S/c1-27-19-8-7-16(13-20(19)28-2)21(26)17-5-3-10-24(14-17)15-18-6-4-11-25(18)22-23-9-12-29-22/h4,6-9,11-13,17H,3,5,10,14-15H2,1-2H3/t17-/m0/s1. The maximum Gasteiger partial charge on any atom is 0.193 e. The highest BCUT2D eigenvalue weighted by Crippen LogP contribution is 2.30. The lowest BCUT2D eigenvalue weighted by Crippen LogP contribution is -2.38. The molecule has 0 N–H and O–H groups in total. The number of nitrogens with zero attached hydrogens (tertiary/aromatic N) is 3. The minimum Gasteiger partial charge on any atom is -0.493 e. The third-order valence-electron chi connectivity index (χ3n) is 5.39. The molecular weight excluding hydrogens is 386 g/mol. The summed E-state index contributed by atoms with van der Waals surface area (Å²) in [5.74, 6) is 1.39. The number of aromatic nitrogens is 2. The normalized spacial score (nSPS) is 17.2. The van der Waals surface area contributed by atoms with Gasteiger partial charge in [0.2, 0.25) is 0 Å². The number of methoxy groups -OCH3 is 2. The highest BCUT2D eigenvalue weighted by Gasteiger charge is 2.27. The number of carbonyl (C=O) groups excluding carboxylic acids is 1. The van der Waals surface area contributed by atoms with Gasteiger partial charge in [-0.3, -0.25) is 14.3 Å². The number of rotatable bonds is 7. The minimum absolute atomic E-state index is 0.00914. The van der Waals surface area contributed by atoms with Crippen molar-refractivity contribution in [3.8, 4) is 16.6 Å². The first-order chi connectivity index (χ1) is 14.2. The molecule has 29 heavy (non-hydrogen) atoms. The first kappa shape index (κ1) is 19.7. The number of Topliss-reactive ketones (excluding diaryl/α,β-unsaturated/α-hetero) is 1. The van der Waals surface area contributed by atoms with Crippen LogP contribution in [0.3, 0.4) is 0 Å². The quantitative estimate of drug-likeness (QED) is 0.549. The Bertz CT molecular complexity index is 968. The number of thiazole rings is 1. The second-order valence-corrected chi connectivity index (χ2v) is 8.07. The van der Waals surface area contributed by atoms with Crippen LogP contribution < -0.4 is 9.47 Å². The molecule has 0 bridgehead atoms. The maximum absolute atomic E-state index is 13.1. The molecular formula is C22H25N3O3S. The van der Waals surface area contributed by atoms with Crippen molar-refractivity contribution in [2.45, 2.75) is 19.4 Å². The highest BCUT2D eigenvalue weighted by molar-refractivity contribution is 7.12. The zero-order valence-corrected chi connectivity index (χ0v) is 17.5. The molecule has 0 radical (unpaired) electrons. The predicted octanol–water partition coefficient (Wildman–Crippen LogP) is 4.05. The molecule has 3 aromatic rings. The van der Waals surface area contributed by atoms with Crippen LogP contribution in [0.25, 0.3) is 5.13 Å². The Labute approximate surface area is 174 Å². The van der Waals surface area contributed by atoms with Gasteiger partial charge in [-0.2, -0.15) is 0 Å². The van der Waals surface area contributed by atoms with Gasteiger partial charge in [-0.1, -0.05) is 0 Å². The average molecular weight is 412 g/mol. The second-order valence-electron chi connectivity index (χ2n) is 7.19. The van der Waals surface area contributed by atoms with Crippen LogP contribution in [0.5, 0.6) is 11.5 Å². The van der Waals surface area contributed by atoms with E-state index in [1.54, 1.807) is 37.7 Å². The number of hydrogen-bond acceptors (Lipinski definition) is 6. The van der Waals surface area contributed by atoms with Gasteiger partial charge in [0.1, 0.15) is 0 Å². The Morgan fingerprint density at radius 1 is 1.24 bits per heavy atom. The molecule has 0 unspecified atom stereocenters. The van der Waals surface area contributed by atoms with Crippen molar-refractivity contribution in [1.82, 2.24) is 14.5 Å². The van der Waals surface area contributed by atoms with Crippen molar-refractivity contribution in [2.75, 3.05) is 27.3 Å². The number of hydrogen-bond donors (Lipinski definition) is 0. The SMILES string of the molecule is COc1ccc(C(=O)[C@H]2CCCN(Cc3cccn3-c3nccs3)C2)cc1OC. The summed E-state index contributed by atoms with van der Waals surface area (Å²) in [6, 6.07) is 9.59. The molecule has 1 aromatic carbocycles. The molecule has 1 atom stereocenters. The number of benzene rings is 1. The number of ether oxygens (including phenoxy) is 2. The first-order valence-electron chi connectivity index (χ1n) is 9.74. The van der Waals surface area contributed by atoms with E-state index in [4.69, 9.17) is 9.47 Å². The van der Waals surface area contributed by atoms with Gasteiger partial charge in [0.15, 0.2) is 22.4 Å². The zero-order valence-electron chi connectivity index (χ0n) is 16.7. The van der Waals surface area contributed by atoms with Crippen molar-refractivity contribution >= 4 is 17.1 Å². The molecule has 3 heterocycles. The van der Waals surface area contributed by atoms with Gasteiger partial charge in [-0.25, -0.2) is 4.98 Å². The first-order valence-corrected chi connectivity index (χ1v) is 10.6. The summed E-state index contributed by atoms with van der Waals surface area (Å²) in [4.78, 5) is 19.9. The Kier molecular flexibility index (Phi) is 5.97. The monoisotopic (exact) mass is 411 g/mol. The smallest absolute Gasteiger partial charge is 0.193 e. The third-order valence-corrected chi connectivity index (χ3v) is 6.16. The molecule has 0 spiro atoms. The summed E-state index contributed by atoms with van der Waals surface area (Å²) in [6.07, 6.45) is 5.80. The van der Waals surface area contributed by atoms with Gasteiger partial charge < -0.3 is 9.47 Å². The molecule has 4 rings (SSSR count). The molecule has 0 amide bonds. The van der Waals surface area contributed by atoms with Gasteiger partial charge in [0.25, 0.3) is 0 Å². The van der Waals surface area contributed by atoms with Crippen LogP contribution in [0.15, 0.2) is 48.1 Å². The minimum atomic E-state index is -0.00914. The summed E-state index contributed by atoms with van der Waals surface area (Å²) < 4.78 is 12.8. The van der Waals surface area contributed by atoms with Crippen LogP contribution in [-0.4, -0.2) is 47.5 Å². The largest absolute Gasteiger partial charge is 0.493 e. The van der Waals surface area contributed by atoms with Crippen molar-refractivity contribution < 1.29 is 14.3 Å². The van der Waals surface area contributed by atoms with Crippen molar-refractivity contribution in [3.63, 3.8) is 0 Å². The Morgan fingerprint density at radius 2 is 2.10 bits per heavy atom. The fraction of sp³-hybridized carbons (Fsp3) is 0.364. The Balaban J connectivity index is 1.46. The van der Waals surface area contributed by atoms with Crippen LogP contribution in [-0.2, 0) is 6.54 Å². The molecule has 1 aliphatic heterocycles.